The van der Waals surface area contributed by atoms with Crippen LogP contribution in [0.1, 0.15) is 24.4 Å². The molecule has 1 aliphatic rings. The smallest absolute Gasteiger partial charge is 0.206 e. The number of halogens is 1. The lowest BCUT2D eigenvalue weighted by Crippen LogP contribution is -2.14. The highest BCUT2D eigenvalue weighted by molar-refractivity contribution is 5.44. The minimum absolute atomic E-state index is 0.134. The molecule has 2 N–H and O–H groups in total. The summed E-state index contributed by atoms with van der Waals surface area (Å²) in [6.07, 6.45) is 2.05. The van der Waals surface area contributed by atoms with E-state index in [1.807, 2.05) is 0 Å². The van der Waals surface area contributed by atoms with Crippen molar-refractivity contribution in [1.82, 2.24) is 5.32 Å². The average molecular weight is 211 g/mol. The van der Waals surface area contributed by atoms with E-state index in [0.717, 1.165) is 24.9 Å². The summed E-state index contributed by atoms with van der Waals surface area (Å²) in [4.78, 5) is 0. The fourth-order valence-electron chi connectivity index (χ4n) is 1.99. The molecule has 3 nitrogen and oxygen atoms in total. The zero-order valence-electron chi connectivity index (χ0n) is 8.59. The number of phenols is 1. The molecule has 0 aromatic heterocycles. The molecule has 0 aliphatic carbocycles. The van der Waals surface area contributed by atoms with Gasteiger partial charge in [0.05, 0.1) is 7.11 Å². The summed E-state index contributed by atoms with van der Waals surface area (Å²) in [5, 5.41) is 12.5. The van der Waals surface area contributed by atoms with Gasteiger partial charge in [-0.15, -0.1) is 0 Å². The molecule has 1 atom stereocenters. The van der Waals surface area contributed by atoms with E-state index in [9.17, 15) is 9.50 Å². The second kappa shape index (κ2) is 4.06. The highest BCUT2D eigenvalue weighted by Gasteiger charge is 2.23. The van der Waals surface area contributed by atoms with E-state index in [4.69, 9.17) is 4.74 Å². The SMILES string of the molecule is COc1c(C2CCCN2)ccc(O)c1F. The van der Waals surface area contributed by atoms with Crippen LogP contribution in [0.15, 0.2) is 12.1 Å². The lowest BCUT2D eigenvalue weighted by atomic mass is 10.0. The first kappa shape index (κ1) is 10.2. The monoisotopic (exact) mass is 211 g/mol. The minimum atomic E-state index is -0.677. The second-order valence-corrected chi connectivity index (χ2v) is 3.67. The minimum Gasteiger partial charge on any atom is -0.505 e. The van der Waals surface area contributed by atoms with Gasteiger partial charge in [-0.3, -0.25) is 0 Å². The molecule has 4 heteroatoms. The molecular weight excluding hydrogens is 197 g/mol. The zero-order chi connectivity index (χ0) is 10.8. The quantitative estimate of drug-likeness (QED) is 0.785. The first-order valence-electron chi connectivity index (χ1n) is 5.02. The van der Waals surface area contributed by atoms with E-state index in [1.54, 1.807) is 6.07 Å². The first-order valence-corrected chi connectivity index (χ1v) is 5.02. The molecule has 2 rings (SSSR count). The zero-order valence-corrected chi connectivity index (χ0v) is 8.59. The van der Waals surface area contributed by atoms with Crippen LogP contribution < -0.4 is 10.1 Å². The van der Waals surface area contributed by atoms with Gasteiger partial charge in [0.2, 0.25) is 5.82 Å². The standard InChI is InChI=1S/C11H14FNO2/c1-15-11-7(8-3-2-6-13-8)4-5-9(14)10(11)12/h4-5,8,13-14H,2-3,6H2,1H3. The Bertz CT molecular complexity index is 362. The van der Waals surface area contributed by atoms with Crippen molar-refractivity contribution in [2.24, 2.45) is 0 Å². The van der Waals surface area contributed by atoms with Crippen LogP contribution in [-0.2, 0) is 0 Å². The number of benzene rings is 1. The summed E-state index contributed by atoms with van der Waals surface area (Å²) in [6.45, 7) is 0.941. The molecule has 82 valence electrons. The third kappa shape index (κ3) is 1.77. The van der Waals surface area contributed by atoms with Gasteiger partial charge in [0.15, 0.2) is 11.5 Å². The van der Waals surface area contributed by atoms with Gasteiger partial charge in [0, 0.05) is 11.6 Å². The van der Waals surface area contributed by atoms with Gasteiger partial charge in [-0.05, 0) is 31.5 Å². The molecule has 0 radical (unpaired) electrons. The highest BCUT2D eigenvalue weighted by atomic mass is 19.1. The van der Waals surface area contributed by atoms with Crippen LogP contribution in [0.5, 0.6) is 11.5 Å². The summed E-state index contributed by atoms with van der Waals surface area (Å²) >= 11 is 0. The van der Waals surface area contributed by atoms with E-state index in [2.05, 4.69) is 5.32 Å². The Kier molecular flexibility index (Phi) is 2.77. The Morgan fingerprint density at radius 2 is 2.33 bits per heavy atom. The number of hydrogen-bond donors (Lipinski definition) is 2. The van der Waals surface area contributed by atoms with Crippen molar-refractivity contribution in [3.05, 3.63) is 23.5 Å². The van der Waals surface area contributed by atoms with Crippen LogP contribution in [0, 0.1) is 5.82 Å². The fourth-order valence-corrected chi connectivity index (χ4v) is 1.99. The molecule has 1 heterocycles. The number of phenolic OH excluding ortho intramolecular Hbond substituents is 1. The van der Waals surface area contributed by atoms with Crippen LogP contribution in [-0.4, -0.2) is 18.8 Å². The van der Waals surface area contributed by atoms with E-state index >= 15 is 0 Å². The Morgan fingerprint density at radius 1 is 1.53 bits per heavy atom. The van der Waals surface area contributed by atoms with E-state index < -0.39 is 5.82 Å². The van der Waals surface area contributed by atoms with Crippen molar-refractivity contribution in [3.63, 3.8) is 0 Å². The third-order valence-corrected chi connectivity index (χ3v) is 2.75. The molecule has 15 heavy (non-hydrogen) atoms. The lowest BCUT2D eigenvalue weighted by Gasteiger charge is -2.15. The molecule has 1 aliphatic heterocycles. The number of aromatic hydroxyl groups is 1. The number of rotatable bonds is 2. The number of nitrogens with one attached hydrogen (secondary N) is 1. The maximum absolute atomic E-state index is 13.5. The Labute approximate surface area is 87.9 Å². The molecule has 1 aromatic rings. The van der Waals surface area contributed by atoms with Gasteiger partial charge in [-0.1, -0.05) is 0 Å². The molecule has 1 saturated heterocycles. The molecule has 1 unspecified atom stereocenters. The normalized spacial score (nSPS) is 20.5. The van der Waals surface area contributed by atoms with Crippen molar-refractivity contribution in [2.45, 2.75) is 18.9 Å². The summed E-state index contributed by atoms with van der Waals surface area (Å²) in [6, 6.07) is 3.21. The summed E-state index contributed by atoms with van der Waals surface area (Å²) in [5.41, 5.74) is 0.783. The summed E-state index contributed by atoms with van der Waals surface area (Å²) < 4.78 is 18.5. The van der Waals surface area contributed by atoms with Crippen molar-refractivity contribution in [3.8, 4) is 11.5 Å². The predicted molar refractivity (Wildman–Crippen MR) is 54.6 cm³/mol. The summed E-state index contributed by atoms with van der Waals surface area (Å²) in [7, 11) is 1.41. The predicted octanol–water partition coefficient (Wildman–Crippen LogP) is 1.96. The van der Waals surface area contributed by atoms with Crippen molar-refractivity contribution in [2.75, 3.05) is 13.7 Å². The molecule has 1 aromatic carbocycles. The fraction of sp³-hybridized carbons (Fsp3) is 0.455. The molecule has 0 amide bonds. The Balaban J connectivity index is 2.41. The summed E-state index contributed by atoms with van der Waals surface area (Å²) in [5.74, 6) is -0.897. The average Bonchev–Trinajstić information content (AvgIpc) is 2.75. The molecule has 0 spiro atoms. The number of hydrogen-bond acceptors (Lipinski definition) is 3. The first-order chi connectivity index (χ1) is 7.24. The molecular formula is C11H14FNO2. The van der Waals surface area contributed by atoms with Gasteiger partial charge in [-0.25, -0.2) is 0 Å². The van der Waals surface area contributed by atoms with Gasteiger partial charge in [0.25, 0.3) is 0 Å². The third-order valence-electron chi connectivity index (χ3n) is 2.75. The molecule has 0 bridgehead atoms. The lowest BCUT2D eigenvalue weighted by molar-refractivity contribution is 0.356. The van der Waals surface area contributed by atoms with Crippen molar-refractivity contribution < 1.29 is 14.2 Å². The Morgan fingerprint density at radius 3 is 2.93 bits per heavy atom. The van der Waals surface area contributed by atoms with Crippen LogP contribution in [0.3, 0.4) is 0 Å². The maximum atomic E-state index is 13.5. The second-order valence-electron chi connectivity index (χ2n) is 3.67. The molecule has 0 saturated carbocycles. The topological polar surface area (TPSA) is 41.5 Å². The van der Waals surface area contributed by atoms with Gasteiger partial charge < -0.3 is 15.2 Å². The van der Waals surface area contributed by atoms with Crippen LogP contribution in [0.25, 0.3) is 0 Å². The maximum Gasteiger partial charge on any atom is 0.206 e. The van der Waals surface area contributed by atoms with E-state index in [1.165, 1.54) is 13.2 Å². The van der Waals surface area contributed by atoms with Gasteiger partial charge in [0.1, 0.15) is 0 Å². The Hall–Kier alpha value is -1.29. The largest absolute Gasteiger partial charge is 0.505 e. The number of methoxy groups -OCH3 is 1. The van der Waals surface area contributed by atoms with Crippen LogP contribution >= 0.6 is 0 Å². The van der Waals surface area contributed by atoms with Crippen molar-refractivity contribution in [1.29, 1.82) is 0 Å². The highest BCUT2D eigenvalue weighted by Crippen LogP contribution is 2.36. The number of ether oxygens (including phenoxy) is 1. The van der Waals surface area contributed by atoms with Gasteiger partial charge in [-0.2, -0.15) is 4.39 Å². The van der Waals surface area contributed by atoms with Gasteiger partial charge >= 0.3 is 0 Å². The molecule has 1 fully saturated rings. The van der Waals surface area contributed by atoms with Crippen LogP contribution in [0.4, 0.5) is 4.39 Å². The van der Waals surface area contributed by atoms with E-state index in [0.29, 0.717) is 0 Å². The van der Waals surface area contributed by atoms with Crippen LogP contribution in [0.2, 0.25) is 0 Å². The van der Waals surface area contributed by atoms with Crippen molar-refractivity contribution >= 4 is 0 Å². The van der Waals surface area contributed by atoms with E-state index in [-0.39, 0.29) is 17.5 Å².